The van der Waals surface area contributed by atoms with Crippen LogP contribution in [-0.2, 0) is 11.3 Å². The van der Waals surface area contributed by atoms with Gasteiger partial charge in [-0.25, -0.2) is 17.6 Å². The molecular weight excluding hydrogens is 452 g/mol. The lowest BCUT2D eigenvalue weighted by atomic mass is 9.65. The minimum atomic E-state index is -2.78. The lowest BCUT2D eigenvalue weighted by molar-refractivity contribution is -0.167. The van der Waals surface area contributed by atoms with E-state index in [1.807, 2.05) is 0 Å². The molecule has 0 radical (unpaired) electrons. The topological polar surface area (TPSA) is 81.2 Å². The van der Waals surface area contributed by atoms with Crippen LogP contribution in [0.5, 0.6) is 0 Å². The first-order valence-electron chi connectivity index (χ1n) is 10.0. The third-order valence-electron chi connectivity index (χ3n) is 6.05. The largest absolute Gasteiger partial charge is 0.365 e. The number of rotatable bonds is 5. The molecule has 1 atom stereocenters. The van der Waals surface area contributed by atoms with Gasteiger partial charge in [0, 0.05) is 31.4 Å². The van der Waals surface area contributed by atoms with Gasteiger partial charge in [0.1, 0.15) is 18.2 Å². The van der Waals surface area contributed by atoms with Gasteiger partial charge < -0.3 is 10.6 Å². The van der Waals surface area contributed by atoms with Crippen LogP contribution in [-0.4, -0.2) is 45.6 Å². The lowest BCUT2D eigenvalue weighted by Crippen LogP contribution is -2.49. The quantitative estimate of drug-likeness (QED) is 0.665. The number of nitrogens with zero attached hydrogens (tertiary/aromatic N) is 3. The van der Waals surface area contributed by atoms with Crippen LogP contribution in [0, 0.1) is 11.2 Å². The highest BCUT2D eigenvalue weighted by Gasteiger charge is 2.54. The van der Waals surface area contributed by atoms with Crippen molar-refractivity contribution in [3.05, 3.63) is 40.3 Å². The van der Waals surface area contributed by atoms with E-state index >= 15 is 0 Å². The van der Waals surface area contributed by atoms with Gasteiger partial charge in [-0.15, -0.1) is 0 Å². The van der Waals surface area contributed by atoms with Crippen molar-refractivity contribution in [2.24, 2.45) is 11.1 Å². The zero-order chi connectivity index (χ0) is 23.4. The molecule has 0 saturated heterocycles. The SMILES string of the molecule is CC1(CC(=O)N2Cc3c(C(N)=O)c(-c4ccc(F)c(Cl)c4)nn3C(CF)C2)CC(F)(F)C1. The number of nitrogens with two attached hydrogens (primary N) is 1. The molecule has 1 aliphatic heterocycles. The van der Waals surface area contributed by atoms with E-state index in [4.69, 9.17) is 17.3 Å². The Morgan fingerprint density at radius 2 is 2.00 bits per heavy atom. The summed E-state index contributed by atoms with van der Waals surface area (Å²) in [5, 5.41) is 4.15. The number of amides is 2. The zero-order valence-corrected chi connectivity index (χ0v) is 17.9. The molecule has 2 heterocycles. The van der Waals surface area contributed by atoms with Crippen molar-refractivity contribution in [2.75, 3.05) is 13.2 Å². The van der Waals surface area contributed by atoms with Crippen LogP contribution in [0.3, 0.4) is 0 Å². The van der Waals surface area contributed by atoms with Crippen LogP contribution in [0.15, 0.2) is 18.2 Å². The molecule has 2 N–H and O–H groups in total. The Hall–Kier alpha value is -2.62. The maximum atomic E-state index is 13.9. The highest BCUT2D eigenvalue weighted by Crippen LogP contribution is 2.54. The third kappa shape index (κ3) is 3.96. The minimum absolute atomic E-state index is 0.0231. The Morgan fingerprint density at radius 3 is 2.56 bits per heavy atom. The monoisotopic (exact) mass is 472 g/mol. The predicted octanol–water partition coefficient (Wildman–Crippen LogP) is 4.12. The van der Waals surface area contributed by atoms with Crippen LogP contribution in [0.2, 0.25) is 5.02 Å². The molecule has 11 heteroatoms. The summed E-state index contributed by atoms with van der Waals surface area (Å²) in [5.41, 5.74) is 5.38. The molecule has 1 aromatic carbocycles. The van der Waals surface area contributed by atoms with E-state index < -0.39 is 41.7 Å². The van der Waals surface area contributed by atoms with E-state index in [1.54, 1.807) is 6.92 Å². The van der Waals surface area contributed by atoms with Crippen molar-refractivity contribution in [1.82, 2.24) is 14.7 Å². The highest BCUT2D eigenvalue weighted by atomic mass is 35.5. The number of hydrogen-bond donors (Lipinski definition) is 1. The van der Waals surface area contributed by atoms with Gasteiger partial charge in [0.2, 0.25) is 11.8 Å². The van der Waals surface area contributed by atoms with Gasteiger partial charge in [0.15, 0.2) is 0 Å². The summed E-state index contributed by atoms with van der Waals surface area (Å²) >= 11 is 5.85. The molecule has 6 nitrogen and oxygen atoms in total. The molecule has 2 aliphatic rings. The highest BCUT2D eigenvalue weighted by molar-refractivity contribution is 6.31. The number of aromatic nitrogens is 2. The summed E-state index contributed by atoms with van der Waals surface area (Å²) in [7, 11) is 0. The molecule has 2 aromatic rings. The van der Waals surface area contributed by atoms with E-state index in [1.165, 1.54) is 21.7 Å². The summed E-state index contributed by atoms with van der Waals surface area (Å²) in [6, 6.07) is 2.87. The van der Waals surface area contributed by atoms with Gasteiger partial charge in [-0.05, 0) is 23.6 Å². The Bertz CT molecular complexity index is 1100. The van der Waals surface area contributed by atoms with Crippen molar-refractivity contribution in [1.29, 1.82) is 0 Å². The summed E-state index contributed by atoms with van der Waals surface area (Å²) in [5.74, 6) is -4.69. The van der Waals surface area contributed by atoms with Gasteiger partial charge in [-0.2, -0.15) is 5.10 Å². The zero-order valence-electron chi connectivity index (χ0n) is 17.2. The van der Waals surface area contributed by atoms with Crippen LogP contribution >= 0.6 is 11.6 Å². The first-order chi connectivity index (χ1) is 14.9. The van der Waals surface area contributed by atoms with Gasteiger partial charge in [-0.1, -0.05) is 18.5 Å². The second-order valence-corrected chi connectivity index (χ2v) is 9.29. The average Bonchev–Trinajstić information content (AvgIpc) is 3.07. The summed E-state index contributed by atoms with van der Waals surface area (Å²) < 4.78 is 55.4. The Balaban J connectivity index is 1.68. The second kappa shape index (κ2) is 7.75. The molecule has 0 spiro atoms. The summed E-state index contributed by atoms with van der Waals surface area (Å²) in [4.78, 5) is 26.5. The molecule has 0 bridgehead atoms. The van der Waals surface area contributed by atoms with E-state index in [0.29, 0.717) is 5.56 Å². The average molecular weight is 473 g/mol. The third-order valence-corrected chi connectivity index (χ3v) is 6.34. The minimum Gasteiger partial charge on any atom is -0.365 e. The van der Waals surface area contributed by atoms with Gasteiger partial charge >= 0.3 is 0 Å². The summed E-state index contributed by atoms with van der Waals surface area (Å²) in [6.07, 6.45) is -0.875. The van der Waals surface area contributed by atoms with Crippen LogP contribution in [0.25, 0.3) is 11.3 Å². The number of halogens is 5. The maximum absolute atomic E-state index is 13.9. The Kier molecular flexibility index (Phi) is 5.47. The molecule has 172 valence electrons. The van der Waals surface area contributed by atoms with Crippen molar-refractivity contribution >= 4 is 23.4 Å². The van der Waals surface area contributed by atoms with Gasteiger partial charge in [0.25, 0.3) is 5.91 Å². The standard InChI is InChI=1S/C21H21ClF4N4O2/c1-20(9-21(25,26)10-20)5-16(31)29-7-12(6-23)30-15(8-29)17(19(27)32)18(28-30)11-2-3-14(24)13(22)4-11/h2-4,12H,5-10H2,1H3,(H2,27,32). The molecule has 1 fully saturated rings. The van der Waals surface area contributed by atoms with Crippen LogP contribution < -0.4 is 5.73 Å². The van der Waals surface area contributed by atoms with Crippen molar-refractivity contribution in [3.8, 4) is 11.3 Å². The van der Waals surface area contributed by atoms with Gasteiger partial charge in [-0.3, -0.25) is 14.3 Å². The van der Waals surface area contributed by atoms with E-state index in [-0.39, 0.29) is 54.3 Å². The number of primary amides is 1. The molecule has 4 rings (SSSR count). The van der Waals surface area contributed by atoms with E-state index in [0.717, 1.165) is 6.07 Å². The predicted molar refractivity (Wildman–Crippen MR) is 108 cm³/mol. The number of carbonyl (C=O) groups is 2. The fourth-order valence-electron chi connectivity index (χ4n) is 4.71. The number of carbonyl (C=O) groups excluding carboxylic acids is 2. The first kappa shape index (κ1) is 22.6. The molecular formula is C21H21ClF4N4O2. The normalized spacial score (nSPS) is 21.1. The van der Waals surface area contributed by atoms with E-state index in [2.05, 4.69) is 5.10 Å². The Labute approximate surface area is 186 Å². The fourth-order valence-corrected chi connectivity index (χ4v) is 4.89. The van der Waals surface area contributed by atoms with E-state index in [9.17, 15) is 27.2 Å². The van der Waals surface area contributed by atoms with Gasteiger partial charge in [0.05, 0.1) is 28.9 Å². The summed E-state index contributed by atoms with van der Waals surface area (Å²) in [6.45, 7) is 0.629. The number of hydrogen-bond acceptors (Lipinski definition) is 3. The van der Waals surface area contributed by atoms with Crippen LogP contribution in [0.4, 0.5) is 17.6 Å². The first-order valence-corrected chi connectivity index (χ1v) is 10.4. The molecule has 32 heavy (non-hydrogen) atoms. The molecule has 2 amide bonds. The Morgan fingerprint density at radius 1 is 1.31 bits per heavy atom. The van der Waals surface area contributed by atoms with Crippen molar-refractivity contribution < 1.29 is 27.2 Å². The molecule has 1 aliphatic carbocycles. The smallest absolute Gasteiger partial charge is 0.252 e. The van der Waals surface area contributed by atoms with Crippen molar-refractivity contribution in [2.45, 2.75) is 44.7 Å². The second-order valence-electron chi connectivity index (χ2n) is 8.89. The number of alkyl halides is 3. The fraction of sp³-hybridized carbons (Fsp3) is 0.476. The molecule has 1 aromatic heterocycles. The number of fused-ring (bicyclic) bond motifs is 1. The molecule has 1 saturated carbocycles. The number of benzene rings is 1. The van der Waals surface area contributed by atoms with Crippen molar-refractivity contribution in [3.63, 3.8) is 0 Å². The maximum Gasteiger partial charge on any atom is 0.252 e. The lowest BCUT2D eigenvalue weighted by Gasteiger charge is -2.45. The molecule has 1 unspecified atom stereocenters. The van der Waals surface area contributed by atoms with Crippen LogP contribution in [0.1, 0.15) is 48.3 Å².